The van der Waals surface area contributed by atoms with Crippen molar-refractivity contribution in [1.29, 1.82) is 0 Å². The van der Waals surface area contributed by atoms with Crippen molar-refractivity contribution >= 4 is 0 Å². The molecule has 0 saturated heterocycles. The molecule has 0 saturated carbocycles. The molecule has 1 aromatic rings. The monoisotopic (exact) mass is 106 g/mol. The van der Waals surface area contributed by atoms with E-state index in [9.17, 15) is 0 Å². The first-order chi connectivity index (χ1) is 3.93. The van der Waals surface area contributed by atoms with Crippen molar-refractivity contribution in [3.63, 3.8) is 0 Å². The van der Waals surface area contributed by atoms with Crippen molar-refractivity contribution in [2.24, 2.45) is 0 Å². The Hall–Kier alpha value is -0.980. The molecule has 1 aromatic carbocycles. The Labute approximate surface area is 48.9 Å². The maximum absolute atomic E-state index is 4.64. The van der Waals surface area contributed by atoms with Gasteiger partial charge < -0.3 is 4.74 Å². The second-order valence-corrected chi connectivity index (χ2v) is 1.38. The summed E-state index contributed by atoms with van der Waals surface area (Å²) in [4.78, 5) is 0. The number of hydrogen-bond acceptors (Lipinski definition) is 1. The number of benzene rings is 1. The molecule has 8 heavy (non-hydrogen) atoms. The van der Waals surface area contributed by atoms with Crippen molar-refractivity contribution in [1.82, 2.24) is 0 Å². The van der Waals surface area contributed by atoms with Gasteiger partial charge in [-0.15, -0.1) is 0 Å². The summed E-state index contributed by atoms with van der Waals surface area (Å²) in [6.45, 7) is 0. The molecule has 40 valence electrons. The summed E-state index contributed by atoms with van der Waals surface area (Å²) < 4.78 is 4.64. The molecule has 0 aliphatic rings. The fourth-order valence-electron chi connectivity index (χ4n) is 0.468. The molecule has 1 nitrogen and oxygen atoms in total. The molecule has 0 unspecified atom stereocenters. The summed E-state index contributed by atoms with van der Waals surface area (Å²) in [6, 6.07) is 10.0. The molecule has 1 heteroatoms. The van der Waals surface area contributed by atoms with E-state index >= 15 is 0 Å². The smallest absolute Gasteiger partial charge is 0.122 e. The maximum Gasteiger partial charge on any atom is 0.122 e. The van der Waals surface area contributed by atoms with Gasteiger partial charge in [0.05, 0.1) is 0 Å². The van der Waals surface area contributed by atoms with Gasteiger partial charge in [-0.25, -0.2) is 0 Å². The van der Waals surface area contributed by atoms with Crippen LogP contribution in [0.3, 0.4) is 0 Å². The van der Waals surface area contributed by atoms with E-state index in [1.54, 1.807) is 24.3 Å². The summed E-state index contributed by atoms with van der Waals surface area (Å²) in [5, 5.41) is 0. The van der Waals surface area contributed by atoms with E-state index in [0.29, 0.717) is 0 Å². The van der Waals surface area contributed by atoms with E-state index in [4.69, 9.17) is 0 Å². The van der Waals surface area contributed by atoms with Crippen LogP contribution in [0.25, 0.3) is 0 Å². The summed E-state index contributed by atoms with van der Waals surface area (Å²) in [7, 11) is 3.24. The molecular weight excluding hydrogens is 100 g/mol. The zero-order valence-electron chi connectivity index (χ0n) is 4.42. The Morgan fingerprint density at radius 2 is 2.00 bits per heavy atom. The highest BCUT2D eigenvalue weighted by atomic mass is 16.5. The second kappa shape index (κ2) is 2.36. The quantitative estimate of drug-likeness (QED) is 0.529. The SMILES string of the molecule is [CH2]Oc1cc[c]cc1. The molecule has 0 bridgehead atoms. The fourth-order valence-corrected chi connectivity index (χ4v) is 0.468. The first-order valence-electron chi connectivity index (χ1n) is 2.31. The van der Waals surface area contributed by atoms with Gasteiger partial charge in [0.25, 0.3) is 0 Å². The van der Waals surface area contributed by atoms with Gasteiger partial charge in [0.2, 0.25) is 0 Å². The van der Waals surface area contributed by atoms with Gasteiger partial charge in [0, 0.05) is 0 Å². The molecular formula is C7H6O. The summed E-state index contributed by atoms with van der Waals surface area (Å²) >= 11 is 0. The van der Waals surface area contributed by atoms with Crippen LogP contribution in [-0.2, 0) is 0 Å². The van der Waals surface area contributed by atoms with Crippen LogP contribution in [0.15, 0.2) is 24.3 Å². The third-order valence-electron chi connectivity index (χ3n) is 0.854. The van der Waals surface area contributed by atoms with Gasteiger partial charge in [-0.05, 0) is 18.2 Å². The molecule has 1 rings (SSSR count). The van der Waals surface area contributed by atoms with Gasteiger partial charge in [-0.1, -0.05) is 12.1 Å². The maximum atomic E-state index is 4.64. The Morgan fingerprint density at radius 1 is 1.38 bits per heavy atom. The third-order valence-corrected chi connectivity index (χ3v) is 0.854. The lowest BCUT2D eigenvalue weighted by Crippen LogP contribution is -1.74. The van der Waals surface area contributed by atoms with E-state index < -0.39 is 0 Å². The highest BCUT2D eigenvalue weighted by molar-refractivity contribution is 5.20. The van der Waals surface area contributed by atoms with E-state index in [1.807, 2.05) is 0 Å². The Morgan fingerprint density at radius 3 is 2.38 bits per heavy atom. The van der Waals surface area contributed by atoms with Crippen molar-refractivity contribution in [2.45, 2.75) is 0 Å². The lowest BCUT2D eigenvalue weighted by molar-refractivity contribution is 0.473. The van der Waals surface area contributed by atoms with Gasteiger partial charge in [-0.3, -0.25) is 0 Å². The van der Waals surface area contributed by atoms with Crippen LogP contribution in [0, 0.1) is 13.2 Å². The molecule has 0 heterocycles. The van der Waals surface area contributed by atoms with E-state index in [2.05, 4.69) is 17.9 Å². The van der Waals surface area contributed by atoms with Crippen LogP contribution in [0.5, 0.6) is 5.75 Å². The van der Waals surface area contributed by atoms with Crippen LogP contribution in [0.2, 0.25) is 0 Å². The van der Waals surface area contributed by atoms with E-state index in [1.165, 1.54) is 0 Å². The van der Waals surface area contributed by atoms with E-state index in [0.717, 1.165) is 5.75 Å². The van der Waals surface area contributed by atoms with Crippen molar-refractivity contribution in [2.75, 3.05) is 0 Å². The fraction of sp³-hybridized carbons (Fsp3) is 0. The van der Waals surface area contributed by atoms with Crippen molar-refractivity contribution in [3.05, 3.63) is 37.4 Å². The van der Waals surface area contributed by atoms with Crippen LogP contribution < -0.4 is 4.74 Å². The highest BCUT2D eigenvalue weighted by Crippen LogP contribution is 2.05. The van der Waals surface area contributed by atoms with Gasteiger partial charge in [-0.2, -0.15) is 0 Å². The molecule has 2 radical (unpaired) electrons. The summed E-state index contributed by atoms with van der Waals surface area (Å²) in [5.41, 5.74) is 0. The first kappa shape index (κ1) is 5.16. The summed E-state index contributed by atoms with van der Waals surface area (Å²) in [5.74, 6) is 0.767. The van der Waals surface area contributed by atoms with Crippen LogP contribution >= 0.6 is 0 Å². The molecule has 0 spiro atoms. The zero-order valence-corrected chi connectivity index (χ0v) is 4.42. The minimum atomic E-state index is 0.767. The average Bonchev–Trinajstić information content (AvgIpc) is 1.90. The Bertz CT molecular complexity index is 146. The molecule has 0 N–H and O–H groups in total. The Kier molecular flexibility index (Phi) is 1.52. The second-order valence-electron chi connectivity index (χ2n) is 1.38. The van der Waals surface area contributed by atoms with E-state index in [-0.39, 0.29) is 0 Å². The summed E-state index contributed by atoms with van der Waals surface area (Å²) in [6.07, 6.45) is 0. The third kappa shape index (κ3) is 0.997. The molecule has 0 aromatic heterocycles. The number of rotatable bonds is 1. The molecule has 0 amide bonds. The van der Waals surface area contributed by atoms with Gasteiger partial charge >= 0.3 is 0 Å². The molecule has 0 fully saturated rings. The zero-order chi connectivity index (χ0) is 5.82. The highest BCUT2D eigenvalue weighted by Gasteiger charge is 1.80. The predicted molar refractivity (Wildman–Crippen MR) is 31.3 cm³/mol. The van der Waals surface area contributed by atoms with Crippen molar-refractivity contribution in [3.8, 4) is 5.75 Å². The van der Waals surface area contributed by atoms with Gasteiger partial charge in [0.15, 0.2) is 0 Å². The standard InChI is InChI=1S/C7H6O/c1-8-7-5-3-2-4-6-7/h3-6H,1H2. The number of hydrogen-bond donors (Lipinski definition) is 0. The van der Waals surface area contributed by atoms with Crippen LogP contribution in [0.4, 0.5) is 0 Å². The lowest BCUT2D eigenvalue weighted by atomic mass is 10.3. The predicted octanol–water partition coefficient (Wildman–Crippen LogP) is 1.66. The first-order valence-corrected chi connectivity index (χ1v) is 2.31. The minimum Gasteiger partial charge on any atom is -0.490 e. The van der Waals surface area contributed by atoms with Crippen molar-refractivity contribution < 1.29 is 4.74 Å². The molecule has 0 atom stereocenters. The van der Waals surface area contributed by atoms with Gasteiger partial charge in [0.1, 0.15) is 12.9 Å². The lowest BCUT2D eigenvalue weighted by Gasteiger charge is -1.93. The normalized spacial score (nSPS) is 8.62. The minimum absolute atomic E-state index is 0.767. The molecule has 0 aliphatic carbocycles. The Balaban J connectivity index is 2.83. The van der Waals surface area contributed by atoms with Crippen LogP contribution in [-0.4, -0.2) is 0 Å². The molecule has 0 aliphatic heterocycles. The topological polar surface area (TPSA) is 9.23 Å². The number of ether oxygens (including phenoxy) is 1. The van der Waals surface area contributed by atoms with Crippen LogP contribution in [0.1, 0.15) is 0 Å². The largest absolute Gasteiger partial charge is 0.490 e. The average molecular weight is 106 g/mol.